The van der Waals surface area contributed by atoms with Gasteiger partial charge in [0.2, 0.25) is 0 Å². The maximum absolute atomic E-state index is 13.1. The number of rotatable bonds is 6. The molecule has 0 aliphatic rings. The molecule has 0 saturated heterocycles. The van der Waals surface area contributed by atoms with Gasteiger partial charge in [-0.05, 0) is 50.2 Å². The lowest BCUT2D eigenvalue weighted by Crippen LogP contribution is -2.22. The van der Waals surface area contributed by atoms with Crippen LogP contribution in [0.2, 0.25) is 0 Å². The highest BCUT2D eigenvalue weighted by Gasteiger charge is 2.16. The van der Waals surface area contributed by atoms with Crippen LogP contribution in [0, 0.1) is 5.82 Å². The van der Waals surface area contributed by atoms with Gasteiger partial charge in [-0.2, -0.15) is 5.10 Å². The molecule has 26 heavy (non-hydrogen) atoms. The van der Waals surface area contributed by atoms with Gasteiger partial charge in [-0.25, -0.2) is 9.37 Å². The Morgan fingerprint density at radius 1 is 1.12 bits per heavy atom. The molecule has 2 N–H and O–H groups in total. The number of halogens is 1. The van der Waals surface area contributed by atoms with Crippen LogP contribution in [0.1, 0.15) is 24.2 Å². The minimum atomic E-state index is -0.335. The molecule has 0 atom stereocenters. The van der Waals surface area contributed by atoms with Gasteiger partial charge in [-0.15, -0.1) is 0 Å². The maximum atomic E-state index is 13.1. The van der Waals surface area contributed by atoms with Gasteiger partial charge >= 0.3 is 0 Å². The third-order valence-corrected chi connectivity index (χ3v) is 4.11. The largest absolute Gasteiger partial charge is 0.357 e. The Labute approximate surface area is 151 Å². The highest BCUT2D eigenvalue weighted by molar-refractivity contribution is 6.07. The fourth-order valence-corrected chi connectivity index (χ4v) is 2.69. The number of anilines is 2. The van der Waals surface area contributed by atoms with Crippen molar-refractivity contribution in [1.29, 1.82) is 0 Å². The van der Waals surface area contributed by atoms with Gasteiger partial charge < -0.3 is 10.2 Å². The Bertz CT molecular complexity index is 870. The molecular weight excluding hydrogens is 333 g/mol. The van der Waals surface area contributed by atoms with Crippen LogP contribution in [0.4, 0.5) is 15.9 Å². The van der Waals surface area contributed by atoms with Crippen LogP contribution in [0.5, 0.6) is 0 Å². The van der Waals surface area contributed by atoms with Crippen molar-refractivity contribution >= 4 is 17.4 Å². The second-order valence-corrected chi connectivity index (χ2v) is 5.70. The number of nitrogens with one attached hydrogen (secondary N) is 2. The molecule has 7 heteroatoms. The van der Waals surface area contributed by atoms with E-state index < -0.39 is 0 Å². The average molecular weight is 353 g/mol. The minimum absolute atomic E-state index is 0.310. The monoisotopic (exact) mass is 353 g/mol. The molecule has 3 aromatic rings. The summed E-state index contributed by atoms with van der Waals surface area (Å²) in [6.07, 6.45) is 3.08. The van der Waals surface area contributed by atoms with Gasteiger partial charge in [0.05, 0.1) is 29.3 Å². The molecule has 1 aromatic carbocycles. The molecule has 6 nitrogen and oxygen atoms in total. The highest BCUT2D eigenvalue weighted by Crippen LogP contribution is 2.22. The molecule has 2 aromatic heterocycles. The first-order chi connectivity index (χ1) is 12.6. The average Bonchev–Trinajstić information content (AvgIpc) is 3.14. The summed E-state index contributed by atoms with van der Waals surface area (Å²) in [7, 11) is 0. The maximum Gasteiger partial charge on any atom is 0.259 e. The third kappa shape index (κ3) is 3.72. The Morgan fingerprint density at radius 3 is 2.46 bits per heavy atom. The summed E-state index contributed by atoms with van der Waals surface area (Å²) < 4.78 is 13.1. The molecule has 0 aliphatic carbocycles. The Kier molecular flexibility index (Phi) is 5.26. The summed E-state index contributed by atoms with van der Waals surface area (Å²) in [5.41, 5.74) is 2.20. The number of aromatic nitrogens is 3. The standard InChI is InChI=1S/C19H20FN5O/c1-3-25(4-2)17-10-9-15(11-21-17)23-19(26)16-12-22-24-18(16)13-5-7-14(20)8-6-13/h5-12H,3-4H2,1-2H3,(H,22,24)(H,23,26). The number of hydrogen-bond acceptors (Lipinski definition) is 4. The fourth-order valence-electron chi connectivity index (χ4n) is 2.69. The first kappa shape index (κ1) is 17.6. The Balaban J connectivity index is 1.77. The zero-order chi connectivity index (χ0) is 18.5. The number of hydrogen-bond donors (Lipinski definition) is 2. The number of H-pyrrole nitrogens is 1. The van der Waals surface area contributed by atoms with E-state index in [2.05, 4.69) is 39.2 Å². The zero-order valence-electron chi connectivity index (χ0n) is 14.7. The molecule has 0 fully saturated rings. The van der Waals surface area contributed by atoms with E-state index in [-0.39, 0.29) is 11.7 Å². The van der Waals surface area contributed by atoms with Crippen molar-refractivity contribution < 1.29 is 9.18 Å². The lowest BCUT2D eigenvalue weighted by molar-refractivity contribution is 0.102. The van der Waals surface area contributed by atoms with Crippen molar-refractivity contribution in [2.24, 2.45) is 0 Å². The number of nitrogens with zero attached hydrogens (tertiary/aromatic N) is 3. The number of amides is 1. The van der Waals surface area contributed by atoms with Crippen molar-refractivity contribution in [3.63, 3.8) is 0 Å². The van der Waals surface area contributed by atoms with E-state index in [0.29, 0.717) is 22.5 Å². The van der Waals surface area contributed by atoms with Gasteiger partial charge in [0.1, 0.15) is 11.6 Å². The van der Waals surface area contributed by atoms with Crippen molar-refractivity contribution in [1.82, 2.24) is 15.2 Å². The van der Waals surface area contributed by atoms with E-state index in [0.717, 1.165) is 18.9 Å². The van der Waals surface area contributed by atoms with E-state index >= 15 is 0 Å². The predicted molar refractivity (Wildman–Crippen MR) is 99.7 cm³/mol. The first-order valence-corrected chi connectivity index (χ1v) is 8.44. The molecule has 0 radical (unpaired) electrons. The van der Waals surface area contributed by atoms with Gasteiger partial charge in [-0.3, -0.25) is 9.89 Å². The summed E-state index contributed by atoms with van der Waals surface area (Å²) in [4.78, 5) is 19.1. The Hall–Kier alpha value is -3.22. The quantitative estimate of drug-likeness (QED) is 0.708. The number of pyridine rings is 1. The topological polar surface area (TPSA) is 73.9 Å². The van der Waals surface area contributed by atoms with E-state index in [4.69, 9.17) is 0 Å². The van der Waals surface area contributed by atoms with Crippen LogP contribution in [-0.4, -0.2) is 34.2 Å². The smallest absolute Gasteiger partial charge is 0.259 e. The molecule has 0 unspecified atom stereocenters. The number of carbonyl (C=O) groups is 1. The number of aromatic amines is 1. The van der Waals surface area contributed by atoms with E-state index in [9.17, 15) is 9.18 Å². The highest BCUT2D eigenvalue weighted by atomic mass is 19.1. The minimum Gasteiger partial charge on any atom is -0.357 e. The van der Waals surface area contributed by atoms with Gasteiger partial charge in [0.25, 0.3) is 5.91 Å². The van der Waals surface area contributed by atoms with Gasteiger partial charge in [-0.1, -0.05) is 0 Å². The molecular formula is C19H20FN5O. The predicted octanol–water partition coefficient (Wildman–Crippen LogP) is 3.71. The first-order valence-electron chi connectivity index (χ1n) is 8.44. The number of carbonyl (C=O) groups excluding carboxylic acids is 1. The third-order valence-electron chi connectivity index (χ3n) is 4.11. The van der Waals surface area contributed by atoms with E-state index in [1.54, 1.807) is 18.3 Å². The second-order valence-electron chi connectivity index (χ2n) is 5.70. The molecule has 0 aliphatic heterocycles. The van der Waals surface area contributed by atoms with Crippen LogP contribution >= 0.6 is 0 Å². The van der Waals surface area contributed by atoms with Gasteiger partial charge in [0, 0.05) is 18.7 Å². The van der Waals surface area contributed by atoms with E-state index in [1.165, 1.54) is 18.3 Å². The van der Waals surface area contributed by atoms with Crippen LogP contribution in [0.3, 0.4) is 0 Å². The van der Waals surface area contributed by atoms with Gasteiger partial charge in [0.15, 0.2) is 0 Å². The summed E-state index contributed by atoms with van der Waals surface area (Å²) in [5, 5.41) is 9.55. The number of benzene rings is 1. The summed E-state index contributed by atoms with van der Waals surface area (Å²) >= 11 is 0. The van der Waals surface area contributed by atoms with Crippen LogP contribution in [0.15, 0.2) is 48.8 Å². The van der Waals surface area contributed by atoms with Crippen LogP contribution in [-0.2, 0) is 0 Å². The molecule has 3 rings (SSSR count). The van der Waals surface area contributed by atoms with Crippen LogP contribution < -0.4 is 10.2 Å². The zero-order valence-corrected chi connectivity index (χ0v) is 14.7. The summed E-state index contributed by atoms with van der Waals surface area (Å²) in [6, 6.07) is 9.57. The molecule has 0 saturated carbocycles. The molecule has 1 amide bonds. The SMILES string of the molecule is CCN(CC)c1ccc(NC(=O)c2cn[nH]c2-c2ccc(F)cc2)cn1. The summed E-state index contributed by atoms with van der Waals surface area (Å²) in [6.45, 7) is 5.87. The molecule has 0 spiro atoms. The lowest BCUT2D eigenvalue weighted by Gasteiger charge is -2.19. The fraction of sp³-hybridized carbons (Fsp3) is 0.211. The van der Waals surface area contributed by atoms with E-state index in [1.807, 2.05) is 12.1 Å². The normalized spacial score (nSPS) is 10.6. The molecule has 0 bridgehead atoms. The Morgan fingerprint density at radius 2 is 1.85 bits per heavy atom. The molecule has 2 heterocycles. The van der Waals surface area contributed by atoms with Crippen molar-refractivity contribution in [2.75, 3.05) is 23.3 Å². The lowest BCUT2D eigenvalue weighted by atomic mass is 10.1. The molecule has 134 valence electrons. The summed E-state index contributed by atoms with van der Waals surface area (Å²) in [5.74, 6) is 0.220. The van der Waals surface area contributed by atoms with Crippen molar-refractivity contribution in [2.45, 2.75) is 13.8 Å². The van der Waals surface area contributed by atoms with Crippen LogP contribution in [0.25, 0.3) is 11.3 Å². The second kappa shape index (κ2) is 7.77. The van der Waals surface area contributed by atoms with Crippen molar-refractivity contribution in [3.8, 4) is 11.3 Å². The van der Waals surface area contributed by atoms with Crippen molar-refractivity contribution in [3.05, 3.63) is 60.2 Å².